The van der Waals surface area contributed by atoms with Gasteiger partial charge in [0.2, 0.25) is 0 Å². The maximum atomic E-state index is 13.1. The Kier molecular flexibility index (Phi) is 6.08. The first-order valence-electron chi connectivity index (χ1n) is 9.92. The second-order valence-electron chi connectivity index (χ2n) is 8.61. The zero-order valence-corrected chi connectivity index (χ0v) is 17.5. The highest BCUT2D eigenvalue weighted by molar-refractivity contribution is 5.85. The summed E-state index contributed by atoms with van der Waals surface area (Å²) in [6.45, 7) is 5.55. The minimum Gasteiger partial charge on any atom is -0.468 e. The molecule has 0 bridgehead atoms. The number of rotatable bonds is 5. The zero-order chi connectivity index (χ0) is 21.1. The molecule has 3 rings (SSSR count). The highest BCUT2D eigenvalue weighted by Gasteiger charge is 2.54. The Balaban J connectivity index is 1.99. The summed E-state index contributed by atoms with van der Waals surface area (Å²) in [5.41, 5.74) is 0.344. The van der Waals surface area contributed by atoms with E-state index in [4.69, 9.17) is 9.47 Å². The number of ether oxygens (including phenoxy) is 2. The van der Waals surface area contributed by atoms with Gasteiger partial charge in [-0.25, -0.2) is 0 Å². The predicted octanol–water partition coefficient (Wildman–Crippen LogP) is 3.83. The van der Waals surface area contributed by atoms with Gasteiger partial charge in [0.15, 0.2) is 0 Å². The van der Waals surface area contributed by atoms with E-state index in [0.29, 0.717) is 12.8 Å². The van der Waals surface area contributed by atoms with Crippen LogP contribution >= 0.6 is 0 Å². The maximum absolute atomic E-state index is 13.1. The van der Waals surface area contributed by atoms with Gasteiger partial charge in [-0.2, -0.15) is 0 Å². The van der Waals surface area contributed by atoms with Crippen molar-refractivity contribution in [3.63, 3.8) is 0 Å². The van der Waals surface area contributed by atoms with E-state index in [1.807, 2.05) is 81.4 Å². The minimum absolute atomic E-state index is 0.308. The normalized spacial score (nSPS) is 24.1. The van der Waals surface area contributed by atoms with Gasteiger partial charge in [0, 0.05) is 12.5 Å². The molecule has 0 unspecified atom stereocenters. The van der Waals surface area contributed by atoms with E-state index < -0.39 is 17.1 Å². The fraction of sp³-hybridized carbons (Fsp3) is 0.417. The van der Waals surface area contributed by atoms with Gasteiger partial charge in [0.1, 0.15) is 11.1 Å². The molecule has 5 heteroatoms. The van der Waals surface area contributed by atoms with Crippen LogP contribution < -0.4 is 5.32 Å². The van der Waals surface area contributed by atoms with Gasteiger partial charge >= 0.3 is 11.9 Å². The molecule has 5 nitrogen and oxygen atoms in total. The van der Waals surface area contributed by atoms with Gasteiger partial charge in [-0.1, -0.05) is 60.7 Å². The standard InChI is InChI=1S/C24H29NO4/c1-23(2,3)29-21(26)19-16-24(22(27)28-4,15-17-11-7-5-8-12-17)25-20(19)18-13-9-6-10-14-18/h5-14,19-20,25H,15-16H2,1-4H3/t19-,20-,24-/m1/s1. The Morgan fingerprint density at radius 2 is 1.62 bits per heavy atom. The number of carbonyl (C=O) groups is 2. The molecule has 1 saturated heterocycles. The summed E-state index contributed by atoms with van der Waals surface area (Å²) >= 11 is 0. The molecule has 0 aliphatic carbocycles. The van der Waals surface area contributed by atoms with Crippen LogP contribution in [0.1, 0.15) is 44.4 Å². The van der Waals surface area contributed by atoms with Gasteiger partial charge in [0.25, 0.3) is 0 Å². The van der Waals surface area contributed by atoms with E-state index in [0.717, 1.165) is 11.1 Å². The van der Waals surface area contributed by atoms with Crippen LogP contribution in [-0.2, 0) is 25.5 Å². The van der Waals surface area contributed by atoms with E-state index in [-0.39, 0.29) is 18.0 Å². The fourth-order valence-electron chi connectivity index (χ4n) is 4.00. The van der Waals surface area contributed by atoms with Crippen LogP contribution in [0.3, 0.4) is 0 Å². The number of carbonyl (C=O) groups excluding carboxylic acids is 2. The maximum Gasteiger partial charge on any atom is 0.326 e. The highest BCUT2D eigenvalue weighted by atomic mass is 16.6. The largest absolute Gasteiger partial charge is 0.468 e. The van der Waals surface area contributed by atoms with Gasteiger partial charge in [-0.15, -0.1) is 0 Å². The van der Waals surface area contributed by atoms with Crippen LogP contribution in [0.2, 0.25) is 0 Å². The molecule has 0 aromatic heterocycles. The van der Waals surface area contributed by atoms with Crippen molar-refractivity contribution in [3.05, 3.63) is 71.8 Å². The van der Waals surface area contributed by atoms with E-state index in [9.17, 15) is 9.59 Å². The molecule has 154 valence electrons. The zero-order valence-electron chi connectivity index (χ0n) is 17.5. The first-order valence-corrected chi connectivity index (χ1v) is 9.92. The van der Waals surface area contributed by atoms with Crippen molar-refractivity contribution in [3.8, 4) is 0 Å². The van der Waals surface area contributed by atoms with Crippen molar-refractivity contribution in [2.45, 2.75) is 50.8 Å². The van der Waals surface area contributed by atoms with Crippen LogP contribution in [0.15, 0.2) is 60.7 Å². The Hall–Kier alpha value is -2.66. The Bertz CT molecular complexity index is 844. The third-order valence-electron chi connectivity index (χ3n) is 5.20. The first-order chi connectivity index (χ1) is 13.7. The van der Waals surface area contributed by atoms with Crippen molar-refractivity contribution < 1.29 is 19.1 Å². The number of methoxy groups -OCH3 is 1. The van der Waals surface area contributed by atoms with Crippen LogP contribution in [0.25, 0.3) is 0 Å². The lowest BCUT2D eigenvalue weighted by Crippen LogP contribution is -2.50. The molecule has 2 aromatic rings. The molecule has 29 heavy (non-hydrogen) atoms. The van der Waals surface area contributed by atoms with Crippen molar-refractivity contribution in [1.29, 1.82) is 0 Å². The lowest BCUT2D eigenvalue weighted by Gasteiger charge is -2.28. The summed E-state index contributed by atoms with van der Waals surface area (Å²) in [7, 11) is 1.38. The average molecular weight is 395 g/mol. The molecular weight excluding hydrogens is 366 g/mol. The van der Waals surface area contributed by atoms with Gasteiger partial charge in [-0.3, -0.25) is 14.9 Å². The van der Waals surface area contributed by atoms with Crippen molar-refractivity contribution in [2.75, 3.05) is 7.11 Å². The van der Waals surface area contributed by atoms with Crippen molar-refractivity contribution >= 4 is 11.9 Å². The molecule has 1 fully saturated rings. The van der Waals surface area contributed by atoms with Gasteiger partial charge in [0.05, 0.1) is 13.0 Å². The number of esters is 2. The highest BCUT2D eigenvalue weighted by Crippen LogP contribution is 2.41. The number of hydrogen-bond acceptors (Lipinski definition) is 5. The van der Waals surface area contributed by atoms with Crippen molar-refractivity contribution in [2.24, 2.45) is 5.92 Å². The lowest BCUT2D eigenvalue weighted by molar-refractivity contribution is -0.160. The Labute approximate surface area is 172 Å². The monoisotopic (exact) mass is 395 g/mol. The smallest absolute Gasteiger partial charge is 0.326 e. The third-order valence-corrected chi connectivity index (χ3v) is 5.20. The minimum atomic E-state index is -1.00. The molecule has 3 atom stereocenters. The molecular formula is C24H29NO4. The van der Waals surface area contributed by atoms with E-state index in [2.05, 4.69) is 5.32 Å². The van der Waals surface area contributed by atoms with Crippen LogP contribution in [0.4, 0.5) is 0 Å². The van der Waals surface area contributed by atoms with Gasteiger partial charge < -0.3 is 9.47 Å². The topological polar surface area (TPSA) is 64.6 Å². The Morgan fingerprint density at radius 3 is 2.17 bits per heavy atom. The SMILES string of the molecule is COC(=O)[C@@]1(Cc2ccccc2)C[C@@H](C(=O)OC(C)(C)C)[C@@H](c2ccccc2)N1. The van der Waals surface area contributed by atoms with E-state index >= 15 is 0 Å². The number of benzene rings is 2. The summed E-state index contributed by atoms with van der Waals surface area (Å²) in [6.07, 6.45) is 0.742. The molecule has 1 aliphatic heterocycles. The second-order valence-corrected chi connectivity index (χ2v) is 8.61. The molecule has 0 saturated carbocycles. The first kappa shape index (κ1) is 21.1. The fourth-order valence-corrected chi connectivity index (χ4v) is 4.00. The number of nitrogens with one attached hydrogen (secondary N) is 1. The van der Waals surface area contributed by atoms with Gasteiger partial charge in [-0.05, 0) is 38.3 Å². The molecule has 1 aliphatic rings. The summed E-state index contributed by atoms with van der Waals surface area (Å²) in [5, 5.41) is 3.46. The van der Waals surface area contributed by atoms with Crippen LogP contribution in [0, 0.1) is 5.92 Å². The molecule has 1 N–H and O–H groups in total. The van der Waals surface area contributed by atoms with E-state index in [1.165, 1.54) is 7.11 Å². The summed E-state index contributed by atoms with van der Waals surface area (Å²) in [4.78, 5) is 26.0. The predicted molar refractivity (Wildman–Crippen MR) is 111 cm³/mol. The molecule has 0 radical (unpaired) electrons. The van der Waals surface area contributed by atoms with Crippen LogP contribution in [0.5, 0.6) is 0 Å². The summed E-state index contributed by atoms with van der Waals surface area (Å²) in [6, 6.07) is 19.1. The summed E-state index contributed by atoms with van der Waals surface area (Å²) < 4.78 is 10.9. The molecule has 0 amide bonds. The average Bonchev–Trinajstić information content (AvgIpc) is 3.08. The van der Waals surface area contributed by atoms with Crippen LogP contribution in [-0.4, -0.2) is 30.2 Å². The number of hydrogen-bond donors (Lipinski definition) is 1. The third kappa shape index (κ3) is 4.85. The second kappa shape index (κ2) is 8.37. The van der Waals surface area contributed by atoms with E-state index in [1.54, 1.807) is 0 Å². The molecule has 2 aromatic carbocycles. The Morgan fingerprint density at radius 1 is 1.03 bits per heavy atom. The van der Waals surface area contributed by atoms with Crippen molar-refractivity contribution in [1.82, 2.24) is 5.32 Å². The molecule has 0 spiro atoms. The molecule has 1 heterocycles. The quantitative estimate of drug-likeness (QED) is 0.780. The summed E-state index contributed by atoms with van der Waals surface area (Å²) in [5.74, 6) is -1.18. The lowest BCUT2D eigenvalue weighted by atomic mass is 9.85.